The molecule has 8 heteroatoms. The highest BCUT2D eigenvalue weighted by Gasteiger charge is 2.33. The van der Waals surface area contributed by atoms with Crippen LogP contribution in [0, 0.1) is 0 Å². The fraction of sp³-hybridized carbons (Fsp3) is 0.318. The van der Waals surface area contributed by atoms with Crippen LogP contribution < -0.4 is 14.8 Å². The Kier molecular flexibility index (Phi) is 6.36. The molecule has 1 atom stereocenters. The Balaban J connectivity index is 1.94. The molecule has 1 aromatic heterocycles. The van der Waals surface area contributed by atoms with Crippen LogP contribution in [0.2, 0.25) is 0 Å². The Morgan fingerprint density at radius 2 is 1.70 bits per heavy atom. The van der Waals surface area contributed by atoms with Crippen molar-refractivity contribution in [1.82, 2.24) is 9.88 Å². The highest BCUT2D eigenvalue weighted by Crippen LogP contribution is 2.34. The summed E-state index contributed by atoms with van der Waals surface area (Å²) in [7, 11) is 6.95. The maximum Gasteiger partial charge on any atom is 0.433 e. The zero-order valence-corrected chi connectivity index (χ0v) is 17.2. The monoisotopic (exact) mass is 419 g/mol. The molecule has 0 saturated heterocycles. The summed E-state index contributed by atoms with van der Waals surface area (Å²) in [5.41, 5.74) is 0.707. The quantitative estimate of drug-likeness (QED) is 0.585. The molecule has 160 valence electrons. The largest absolute Gasteiger partial charge is 0.493 e. The van der Waals surface area contributed by atoms with Crippen molar-refractivity contribution in [3.05, 3.63) is 59.8 Å². The third-order valence-electron chi connectivity index (χ3n) is 4.91. The molecule has 30 heavy (non-hydrogen) atoms. The highest BCUT2D eigenvalue weighted by molar-refractivity contribution is 5.91. The summed E-state index contributed by atoms with van der Waals surface area (Å²) >= 11 is 0. The molecule has 0 aliphatic rings. The maximum absolute atomic E-state index is 13.3. The van der Waals surface area contributed by atoms with Crippen molar-refractivity contribution < 1.29 is 22.6 Å². The van der Waals surface area contributed by atoms with E-state index in [1.807, 2.05) is 37.2 Å². The fourth-order valence-corrected chi connectivity index (χ4v) is 3.33. The summed E-state index contributed by atoms with van der Waals surface area (Å²) in [6.07, 6.45) is -4.52. The van der Waals surface area contributed by atoms with Crippen LogP contribution in [0.25, 0.3) is 10.9 Å². The van der Waals surface area contributed by atoms with Gasteiger partial charge in [0.2, 0.25) is 0 Å². The minimum atomic E-state index is -4.52. The third-order valence-corrected chi connectivity index (χ3v) is 4.91. The average molecular weight is 419 g/mol. The van der Waals surface area contributed by atoms with Crippen LogP contribution in [-0.2, 0) is 6.18 Å². The van der Waals surface area contributed by atoms with Gasteiger partial charge in [-0.05, 0) is 43.9 Å². The van der Waals surface area contributed by atoms with Gasteiger partial charge in [0.05, 0.1) is 25.8 Å². The van der Waals surface area contributed by atoms with E-state index in [0.717, 1.165) is 11.6 Å². The number of nitrogens with one attached hydrogen (secondary N) is 1. The lowest BCUT2D eigenvalue weighted by Crippen LogP contribution is -2.27. The molecule has 0 amide bonds. The van der Waals surface area contributed by atoms with Gasteiger partial charge in [0, 0.05) is 17.6 Å². The first-order valence-corrected chi connectivity index (χ1v) is 9.33. The number of para-hydroxylation sites is 1. The normalized spacial score (nSPS) is 12.8. The lowest BCUT2D eigenvalue weighted by Gasteiger charge is -2.26. The van der Waals surface area contributed by atoms with Gasteiger partial charge in [-0.15, -0.1) is 0 Å². The van der Waals surface area contributed by atoms with Crippen LogP contribution in [0.3, 0.4) is 0 Å². The summed E-state index contributed by atoms with van der Waals surface area (Å²) in [4.78, 5) is 5.75. The first-order chi connectivity index (χ1) is 14.2. The van der Waals surface area contributed by atoms with E-state index in [2.05, 4.69) is 10.3 Å². The maximum atomic E-state index is 13.3. The van der Waals surface area contributed by atoms with Crippen molar-refractivity contribution in [3.8, 4) is 11.5 Å². The summed E-state index contributed by atoms with van der Waals surface area (Å²) in [5.74, 6) is 1.21. The topological polar surface area (TPSA) is 46.6 Å². The average Bonchev–Trinajstić information content (AvgIpc) is 2.72. The van der Waals surface area contributed by atoms with Gasteiger partial charge in [0.15, 0.2) is 11.5 Å². The second kappa shape index (κ2) is 8.79. The molecule has 1 N–H and O–H groups in total. The molecule has 3 aromatic rings. The molecular weight excluding hydrogens is 395 g/mol. The first kappa shape index (κ1) is 21.7. The van der Waals surface area contributed by atoms with Crippen LogP contribution in [0.15, 0.2) is 48.5 Å². The number of hydrogen-bond donors (Lipinski definition) is 1. The third kappa shape index (κ3) is 4.59. The van der Waals surface area contributed by atoms with E-state index in [1.54, 1.807) is 38.5 Å². The van der Waals surface area contributed by atoms with Crippen molar-refractivity contribution in [2.24, 2.45) is 0 Å². The molecule has 3 rings (SSSR count). The summed E-state index contributed by atoms with van der Waals surface area (Å²) in [5, 5.41) is 3.83. The Hall–Kier alpha value is -3.00. The number of hydrogen-bond acceptors (Lipinski definition) is 5. The van der Waals surface area contributed by atoms with Crippen LogP contribution in [-0.4, -0.2) is 44.7 Å². The summed E-state index contributed by atoms with van der Waals surface area (Å²) in [6, 6.07) is 13.3. The van der Waals surface area contributed by atoms with E-state index >= 15 is 0 Å². The zero-order valence-electron chi connectivity index (χ0n) is 17.2. The van der Waals surface area contributed by atoms with E-state index < -0.39 is 11.9 Å². The number of methoxy groups -OCH3 is 2. The summed E-state index contributed by atoms with van der Waals surface area (Å²) in [6.45, 7) is 0.383. The van der Waals surface area contributed by atoms with Crippen molar-refractivity contribution in [3.63, 3.8) is 0 Å². The number of ether oxygens (including phenoxy) is 2. The lowest BCUT2D eigenvalue weighted by molar-refractivity contribution is -0.140. The van der Waals surface area contributed by atoms with Gasteiger partial charge in [-0.1, -0.05) is 24.3 Å². The standard InChI is InChI=1S/C22H24F3N3O2/c1-28(2)18(14-9-10-19(29-3)20(11-14)30-4)13-26-17-12-21(22(23,24)25)27-16-8-6-5-7-15(16)17/h5-12,18H,13H2,1-4H3,(H,26,27)/t18-/m1/s1. The minimum Gasteiger partial charge on any atom is -0.493 e. The van der Waals surface area contributed by atoms with Gasteiger partial charge in [0.25, 0.3) is 0 Å². The number of halogens is 3. The van der Waals surface area contributed by atoms with Crippen LogP contribution in [0.4, 0.5) is 18.9 Å². The Labute approximate surface area is 173 Å². The predicted molar refractivity (Wildman–Crippen MR) is 111 cm³/mol. The highest BCUT2D eigenvalue weighted by atomic mass is 19.4. The van der Waals surface area contributed by atoms with E-state index in [9.17, 15) is 13.2 Å². The predicted octanol–water partition coefficient (Wildman–Crippen LogP) is 4.99. The van der Waals surface area contributed by atoms with Crippen molar-refractivity contribution in [2.45, 2.75) is 12.2 Å². The number of alkyl halides is 3. The molecule has 0 saturated carbocycles. The first-order valence-electron chi connectivity index (χ1n) is 9.33. The van der Waals surface area contributed by atoms with E-state index in [1.165, 1.54) is 0 Å². The van der Waals surface area contributed by atoms with Crippen molar-refractivity contribution >= 4 is 16.6 Å². The molecule has 0 spiro atoms. The summed E-state index contributed by atoms with van der Waals surface area (Å²) < 4.78 is 50.6. The molecule has 0 radical (unpaired) electrons. The molecule has 2 aromatic carbocycles. The number of aromatic nitrogens is 1. The molecule has 0 fully saturated rings. The smallest absolute Gasteiger partial charge is 0.433 e. The van der Waals surface area contributed by atoms with E-state index in [4.69, 9.17) is 9.47 Å². The SMILES string of the molecule is COc1ccc([C@@H](CNc2cc(C(F)(F)F)nc3ccccc23)N(C)C)cc1OC. The van der Waals surface area contributed by atoms with Gasteiger partial charge in [-0.2, -0.15) is 13.2 Å². The van der Waals surface area contributed by atoms with Crippen molar-refractivity contribution in [1.29, 1.82) is 0 Å². The second-order valence-corrected chi connectivity index (χ2v) is 7.04. The van der Waals surface area contributed by atoms with Gasteiger partial charge < -0.3 is 19.7 Å². The molecule has 0 aliphatic heterocycles. The van der Waals surface area contributed by atoms with Crippen LogP contribution in [0.1, 0.15) is 17.3 Å². The number of nitrogens with zero attached hydrogens (tertiary/aromatic N) is 2. The Bertz CT molecular complexity index is 1020. The number of likely N-dealkylation sites (N-methyl/N-ethyl adjacent to an activating group) is 1. The van der Waals surface area contributed by atoms with Crippen molar-refractivity contribution in [2.75, 3.05) is 40.2 Å². The molecule has 0 aliphatic carbocycles. The lowest BCUT2D eigenvalue weighted by atomic mass is 10.0. The van der Waals surface area contributed by atoms with Gasteiger partial charge >= 0.3 is 6.18 Å². The fourth-order valence-electron chi connectivity index (χ4n) is 3.33. The molecule has 0 bridgehead atoms. The number of anilines is 1. The number of fused-ring (bicyclic) bond motifs is 1. The number of pyridine rings is 1. The van der Waals surface area contributed by atoms with Gasteiger partial charge in [-0.3, -0.25) is 0 Å². The molecule has 1 heterocycles. The number of rotatable bonds is 7. The zero-order chi connectivity index (χ0) is 21.9. The Morgan fingerprint density at radius 1 is 1.00 bits per heavy atom. The molecule has 0 unspecified atom stereocenters. The molecular formula is C22H24F3N3O2. The van der Waals surface area contributed by atoms with E-state index in [-0.39, 0.29) is 6.04 Å². The molecule has 5 nitrogen and oxygen atoms in total. The number of benzene rings is 2. The van der Waals surface area contributed by atoms with E-state index in [0.29, 0.717) is 34.6 Å². The minimum absolute atomic E-state index is 0.119. The van der Waals surface area contributed by atoms with Crippen LogP contribution >= 0.6 is 0 Å². The van der Waals surface area contributed by atoms with Crippen LogP contribution in [0.5, 0.6) is 11.5 Å². The second-order valence-electron chi connectivity index (χ2n) is 7.04. The van der Waals surface area contributed by atoms with Gasteiger partial charge in [0.1, 0.15) is 5.69 Å². The van der Waals surface area contributed by atoms with Gasteiger partial charge in [-0.25, -0.2) is 4.98 Å². The Morgan fingerprint density at radius 3 is 2.33 bits per heavy atom.